The fraction of sp³-hybridized carbons (Fsp3) is 0.333. The first-order chi connectivity index (χ1) is 18.0. The van der Waals surface area contributed by atoms with E-state index < -0.39 is 0 Å². The number of nitrogens with one attached hydrogen (secondary N) is 1. The molecular formula is C27H30ClFN4O3S. The molecule has 2 heterocycles. The van der Waals surface area contributed by atoms with Gasteiger partial charge in [0.1, 0.15) is 12.4 Å². The highest BCUT2D eigenvalue weighted by Crippen LogP contribution is 2.18. The highest BCUT2D eigenvalue weighted by molar-refractivity contribution is 7.09. The van der Waals surface area contributed by atoms with E-state index in [9.17, 15) is 14.0 Å². The summed E-state index contributed by atoms with van der Waals surface area (Å²) in [6, 6.07) is 16.6. The molecule has 0 unspecified atom stereocenters. The number of thiophene rings is 1. The van der Waals surface area contributed by atoms with Crippen molar-refractivity contribution in [3.63, 3.8) is 0 Å². The molecule has 0 aliphatic carbocycles. The summed E-state index contributed by atoms with van der Waals surface area (Å²) in [5.74, 6) is -0.521. The lowest BCUT2D eigenvalue weighted by Crippen LogP contribution is -2.48. The van der Waals surface area contributed by atoms with Gasteiger partial charge in [-0.3, -0.25) is 9.69 Å². The Labute approximate surface area is 225 Å². The fourth-order valence-corrected chi connectivity index (χ4v) is 4.91. The highest BCUT2D eigenvalue weighted by Gasteiger charge is 2.23. The molecule has 37 heavy (non-hydrogen) atoms. The molecule has 3 aromatic rings. The van der Waals surface area contributed by atoms with Gasteiger partial charge < -0.3 is 19.9 Å². The molecule has 3 amide bonds. The van der Waals surface area contributed by atoms with Crippen molar-refractivity contribution in [3.8, 4) is 0 Å². The second-order valence-electron chi connectivity index (χ2n) is 8.77. The number of urea groups is 1. The van der Waals surface area contributed by atoms with Gasteiger partial charge in [0.25, 0.3) is 0 Å². The smallest absolute Gasteiger partial charge is 0.322 e. The lowest BCUT2D eigenvalue weighted by molar-refractivity contribution is -0.133. The van der Waals surface area contributed by atoms with Crippen LogP contribution in [0.1, 0.15) is 10.4 Å². The van der Waals surface area contributed by atoms with Crippen molar-refractivity contribution >= 4 is 40.6 Å². The monoisotopic (exact) mass is 544 g/mol. The average molecular weight is 545 g/mol. The van der Waals surface area contributed by atoms with E-state index in [1.807, 2.05) is 17.5 Å². The molecule has 2 aromatic carbocycles. The number of carbonyl (C=O) groups excluding carboxylic acids is 2. The molecule has 196 valence electrons. The van der Waals surface area contributed by atoms with Gasteiger partial charge >= 0.3 is 6.03 Å². The minimum Gasteiger partial charge on any atom is -0.379 e. The molecule has 1 saturated heterocycles. The molecule has 0 saturated carbocycles. The van der Waals surface area contributed by atoms with Gasteiger partial charge in [-0.15, -0.1) is 11.3 Å². The number of hydrogen-bond donors (Lipinski definition) is 1. The third kappa shape index (κ3) is 8.53. The highest BCUT2D eigenvalue weighted by atomic mass is 35.5. The van der Waals surface area contributed by atoms with Crippen LogP contribution in [-0.2, 0) is 22.6 Å². The van der Waals surface area contributed by atoms with Crippen LogP contribution in [-0.4, -0.2) is 72.6 Å². The van der Waals surface area contributed by atoms with Crippen LogP contribution in [0.3, 0.4) is 0 Å². The van der Waals surface area contributed by atoms with Crippen molar-refractivity contribution in [1.82, 2.24) is 14.7 Å². The van der Waals surface area contributed by atoms with Crippen LogP contribution in [0.4, 0.5) is 14.9 Å². The first-order valence-corrected chi connectivity index (χ1v) is 13.4. The Morgan fingerprint density at radius 3 is 2.51 bits per heavy atom. The van der Waals surface area contributed by atoms with Crippen LogP contribution in [0.15, 0.2) is 66.0 Å². The van der Waals surface area contributed by atoms with Gasteiger partial charge in [0.15, 0.2) is 0 Å². The zero-order chi connectivity index (χ0) is 26.0. The summed E-state index contributed by atoms with van der Waals surface area (Å²) in [4.78, 5) is 33.4. The number of amides is 3. The summed E-state index contributed by atoms with van der Waals surface area (Å²) in [6.45, 7) is 4.50. The number of hydrogen-bond acceptors (Lipinski definition) is 5. The maximum absolute atomic E-state index is 13.6. The number of halogens is 2. The van der Waals surface area contributed by atoms with Crippen molar-refractivity contribution in [2.75, 3.05) is 51.3 Å². The van der Waals surface area contributed by atoms with Crippen LogP contribution < -0.4 is 5.32 Å². The quantitative estimate of drug-likeness (QED) is 0.393. The molecule has 1 fully saturated rings. The van der Waals surface area contributed by atoms with Gasteiger partial charge in [0, 0.05) is 48.3 Å². The largest absolute Gasteiger partial charge is 0.379 e. The minimum atomic E-state index is -0.373. The fourth-order valence-electron chi connectivity index (χ4n) is 4.00. The molecule has 1 N–H and O–H groups in total. The number of morpholine rings is 1. The standard InChI is InChI=1S/C27H30ClFN4O3S/c28-22-3-1-4-24(17-22)30-27(35)32(11-10-31-12-14-36-15-13-31)20-26(34)33(19-25-5-2-16-37-25)18-21-6-8-23(29)9-7-21/h1-9,16-17H,10-15,18-20H2,(H,30,35). The molecule has 0 atom stereocenters. The number of ether oxygens (including phenoxy) is 1. The topological polar surface area (TPSA) is 65.1 Å². The second kappa shape index (κ2) is 13.5. The van der Waals surface area contributed by atoms with E-state index in [4.69, 9.17) is 16.3 Å². The third-order valence-corrected chi connectivity index (χ3v) is 7.14. The summed E-state index contributed by atoms with van der Waals surface area (Å²) in [6.07, 6.45) is 0. The third-order valence-electron chi connectivity index (χ3n) is 6.05. The molecule has 0 radical (unpaired) electrons. The zero-order valence-electron chi connectivity index (χ0n) is 20.4. The zero-order valence-corrected chi connectivity index (χ0v) is 22.0. The van der Waals surface area contributed by atoms with E-state index in [0.29, 0.717) is 50.1 Å². The second-order valence-corrected chi connectivity index (χ2v) is 10.2. The van der Waals surface area contributed by atoms with Crippen molar-refractivity contribution in [1.29, 1.82) is 0 Å². The Bertz CT molecular complexity index is 1160. The van der Waals surface area contributed by atoms with E-state index in [-0.39, 0.29) is 24.3 Å². The van der Waals surface area contributed by atoms with E-state index in [1.54, 1.807) is 52.6 Å². The van der Waals surface area contributed by atoms with Crippen molar-refractivity contribution in [3.05, 3.63) is 87.3 Å². The Hall–Kier alpha value is -2.98. The predicted molar refractivity (Wildman–Crippen MR) is 144 cm³/mol. The van der Waals surface area contributed by atoms with Crippen LogP contribution in [0, 0.1) is 5.82 Å². The van der Waals surface area contributed by atoms with Gasteiger partial charge in [-0.05, 0) is 47.3 Å². The first-order valence-electron chi connectivity index (χ1n) is 12.1. The van der Waals surface area contributed by atoms with Crippen molar-refractivity contribution in [2.45, 2.75) is 13.1 Å². The SMILES string of the molecule is O=C(CN(CCN1CCOCC1)C(=O)Nc1cccc(Cl)c1)N(Cc1ccc(F)cc1)Cc1cccs1. The van der Waals surface area contributed by atoms with Crippen molar-refractivity contribution < 1.29 is 18.7 Å². The molecule has 1 aliphatic rings. The van der Waals surface area contributed by atoms with Crippen molar-refractivity contribution in [2.24, 2.45) is 0 Å². The van der Waals surface area contributed by atoms with Gasteiger partial charge in [-0.1, -0.05) is 35.9 Å². The Morgan fingerprint density at radius 1 is 1.03 bits per heavy atom. The number of nitrogens with zero attached hydrogens (tertiary/aromatic N) is 3. The summed E-state index contributed by atoms with van der Waals surface area (Å²) < 4.78 is 18.9. The maximum atomic E-state index is 13.6. The van der Waals surface area contributed by atoms with Crippen LogP contribution in [0.2, 0.25) is 5.02 Å². The predicted octanol–water partition coefficient (Wildman–Crippen LogP) is 4.94. The summed E-state index contributed by atoms with van der Waals surface area (Å²) in [7, 11) is 0. The summed E-state index contributed by atoms with van der Waals surface area (Å²) in [5.41, 5.74) is 1.37. The lowest BCUT2D eigenvalue weighted by atomic mass is 10.2. The summed E-state index contributed by atoms with van der Waals surface area (Å²) in [5, 5.41) is 5.34. The molecular weight excluding hydrogens is 515 g/mol. The molecule has 1 aromatic heterocycles. The first kappa shape index (κ1) is 27.1. The molecule has 1 aliphatic heterocycles. The Morgan fingerprint density at radius 2 is 1.81 bits per heavy atom. The van der Waals surface area contributed by atoms with Crippen LogP contribution in [0.25, 0.3) is 0 Å². The summed E-state index contributed by atoms with van der Waals surface area (Å²) >= 11 is 7.65. The molecule has 0 bridgehead atoms. The van der Waals surface area contributed by atoms with Gasteiger partial charge in [-0.25, -0.2) is 9.18 Å². The van der Waals surface area contributed by atoms with Gasteiger partial charge in [-0.2, -0.15) is 0 Å². The van der Waals surface area contributed by atoms with Crippen LogP contribution in [0.5, 0.6) is 0 Å². The lowest BCUT2D eigenvalue weighted by Gasteiger charge is -2.31. The number of carbonyl (C=O) groups is 2. The minimum absolute atomic E-state index is 0.0939. The van der Waals surface area contributed by atoms with E-state index in [0.717, 1.165) is 23.5 Å². The van der Waals surface area contributed by atoms with E-state index >= 15 is 0 Å². The average Bonchev–Trinajstić information content (AvgIpc) is 3.41. The van der Waals surface area contributed by atoms with E-state index in [1.165, 1.54) is 17.0 Å². The molecule has 0 spiro atoms. The normalized spacial score (nSPS) is 13.8. The van der Waals surface area contributed by atoms with Crippen LogP contribution >= 0.6 is 22.9 Å². The molecule has 7 nitrogen and oxygen atoms in total. The number of benzene rings is 2. The number of rotatable bonds is 10. The Balaban J connectivity index is 1.49. The Kier molecular flexibility index (Phi) is 9.90. The van der Waals surface area contributed by atoms with Gasteiger partial charge in [0.2, 0.25) is 5.91 Å². The maximum Gasteiger partial charge on any atom is 0.322 e. The molecule has 10 heteroatoms. The number of anilines is 1. The van der Waals surface area contributed by atoms with E-state index in [2.05, 4.69) is 10.2 Å². The molecule has 4 rings (SSSR count). The van der Waals surface area contributed by atoms with Gasteiger partial charge in [0.05, 0.1) is 19.8 Å².